The van der Waals surface area contributed by atoms with E-state index in [2.05, 4.69) is 35.1 Å². The topological polar surface area (TPSA) is 37.4 Å². The van der Waals surface area contributed by atoms with Gasteiger partial charge in [0.05, 0.1) is 5.60 Å². The number of anilines is 1. The van der Waals surface area contributed by atoms with Gasteiger partial charge in [-0.1, -0.05) is 6.07 Å². The lowest BCUT2D eigenvalue weighted by Crippen LogP contribution is -2.47. The summed E-state index contributed by atoms with van der Waals surface area (Å²) in [7, 11) is 1.77. The summed E-state index contributed by atoms with van der Waals surface area (Å²) in [4.78, 5) is 6.77. The molecule has 0 saturated carbocycles. The Morgan fingerprint density at radius 3 is 2.68 bits per heavy atom. The first kappa shape index (κ1) is 14.3. The summed E-state index contributed by atoms with van der Waals surface area (Å²) in [6, 6.07) is 6.69. The predicted molar refractivity (Wildman–Crippen MR) is 78.6 cm³/mol. The second-order valence-corrected chi connectivity index (χ2v) is 5.79. The molecule has 1 fully saturated rings. The molecule has 4 heteroatoms. The van der Waals surface area contributed by atoms with Crippen LogP contribution in [0.3, 0.4) is 0 Å². The predicted octanol–water partition coefficient (Wildman–Crippen LogP) is 2.06. The van der Waals surface area contributed by atoms with E-state index in [1.54, 1.807) is 7.11 Å². The van der Waals surface area contributed by atoms with Crippen LogP contribution in [-0.4, -0.2) is 43.4 Å². The summed E-state index contributed by atoms with van der Waals surface area (Å²) in [5.41, 5.74) is -0.0852. The van der Waals surface area contributed by atoms with Crippen molar-refractivity contribution in [3.8, 4) is 0 Å². The summed E-state index contributed by atoms with van der Waals surface area (Å²) < 4.78 is 5.44. The molecular weight excluding hydrogens is 238 g/mol. The van der Waals surface area contributed by atoms with Crippen LogP contribution in [0.15, 0.2) is 24.4 Å². The molecule has 1 aliphatic rings. The second kappa shape index (κ2) is 6.35. The van der Waals surface area contributed by atoms with Crippen LogP contribution < -0.4 is 10.2 Å². The van der Waals surface area contributed by atoms with E-state index in [-0.39, 0.29) is 5.60 Å². The fourth-order valence-corrected chi connectivity index (χ4v) is 2.32. The number of nitrogens with one attached hydrogen (secondary N) is 1. The summed E-state index contributed by atoms with van der Waals surface area (Å²) in [5.74, 6) is 1.10. The minimum Gasteiger partial charge on any atom is -0.377 e. The van der Waals surface area contributed by atoms with Crippen molar-refractivity contribution in [2.45, 2.75) is 38.3 Å². The van der Waals surface area contributed by atoms with E-state index >= 15 is 0 Å². The smallest absolute Gasteiger partial charge is 0.128 e. The summed E-state index contributed by atoms with van der Waals surface area (Å²) >= 11 is 0. The highest BCUT2D eigenvalue weighted by Gasteiger charge is 2.22. The zero-order valence-corrected chi connectivity index (χ0v) is 12.2. The summed E-state index contributed by atoms with van der Waals surface area (Å²) in [5, 5.41) is 3.61. The van der Waals surface area contributed by atoms with E-state index in [1.165, 1.54) is 0 Å². The standard InChI is InChI=1S/C15H25N3O/c1-15(2,19-3)12-17-13-7-10-18(11-8-13)14-6-4-5-9-16-14/h4-6,9,13,17H,7-8,10-12H2,1-3H3. The molecule has 0 bridgehead atoms. The molecule has 1 aliphatic heterocycles. The van der Waals surface area contributed by atoms with Crippen LogP contribution in [0.4, 0.5) is 5.82 Å². The van der Waals surface area contributed by atoms with Crippen molar-refractivity contribution in [2.24, 2.45) is 0 Å². The van der Waals surface area contributed by atoms with Gasteiger partial charge in [-0.15, -0.1) is 0 Å². The zero-order valence-electron chi connectivity index (χ0n) is 12.2. The molecule has 1 aromatic rings. The lowest BCUT2D eigenvalue weighted by molar-refractivity contribution is 0.0204. The van der Waals surface area contributed by atoms with Crippen molar-refractivity contribution in [1.82, 2.24) is 10.3 Å². The van der Waals surface area contributed by atoms with Crippen molar-refractivity contribution in [3.05, 3.63) is 24.4 Å². The summed E-state index contributed by atoms with van der Waals surface area (Å²) in [6.07, 6.45) is 4.19. The molecule has 4 nitrogen and oxygen atoms in total. The maximum absolute atomic E-state index is 5.44. The summed E-state index contributed by atoms with van der Waals surface area (Å²) in [6.45, 7) is 7.27. The van der Waals surface area contributed by atoms with E-state index in [4.69, 9.17) is 4.74 Å². The molecule has 0 radical (unpaired) electrons. The largest absolute Gasteiger partial charge is 0.377 e. The molecule has 0 unspecified atom stereocenters. The third-order valence-electron chi connectivity index (χ3n) is 3.84. The molecule has 1 N–H and O–H groups in total. The van der Waals surface area contributed by atoms with Crippen molar-refractivity contribution in [2.75, 3.05) is 31.6 Å². The van der Waals surface area contributed by atoms with E-state index < -0.39 is 0 Å². The first-order valence-corrected chi connectivity index (χ1v) is 7.05. The van der Waals surface area contributed by atoms with E-state index in [9.17, 15) is 0 Å². The van der Waals surface area contributed by atoms with Gasteiger partial charge >= 0.3 is 0 Å². The fourth-order valence-electron chi connectivity index (χ4n) is 2.32. The molecule has 106 valence electrons. The van der Waals surface area contributed by atoms with Crippen molar-refractivity contribution in [3.63, 3.8) is 0 Å². The minimum absolute atomic E-state index is 0.0852. The average molecular weight is 263 g/mol. The van der Waals surface area contributed by atoms with Gasteiger partial charge in [0.25, 0.3) is 0 Å². The van der Waals surface area contributed by atoms with Gasteiger partial charge in [-0.25, -0.2) is 4.98 Å². The van der Waals surface area contributed by atoms with E-state index in [0.717, 1.165) is 38.3 Å². The maximum atomic E-state index is 5.44. The molecule has 2 rings (SSSR count). The van der Waals surface area contributed by atoms with Crippen molar-refractivity contribution in [1.29, 1.82) is 0 Å². The lowest BCUT2D eigenvalue weighted by atomic mass is 10.0. The van der Waals surface area contributed by atoms with Gasteiger partial charge in [0.15, 0.2) is 0 Å². The molecule has 0 spiro atoms. The van der Waals surface area contributed by atoms with Gasteiger partial charge in [0.2, 0.25) is 0 Å². The molecule has 0 atom stereocenters. The number of methoxy groups -OCH3 is 1. The Bertz CT molecular complexity index is 372. The first-order valence-electron chi connectivity index (χ1n) is 7.05. The second-order valence-electron chi connectivity index (χ2n) is 5.79. The van der Waals surface area contributed by atoms with Gasteiger partial charge in [0.1, 0.15) is 5.82 Å². The maximum Gasteiger partial charge on any atom is 0.128 e. The Morgan fingerprint density at radius 2 is 2.11 bits per heavy atom. The monoisotopic (exact) mass is 263 g/mol. The Morgan fingerprint density at radius 1 is 1.37 bits per heavy atom. The lowest BCUT2D eigenvalue weighted by Gasteiger charge is -2.35. The molecule has 19 heavy (non-hydrogen) atoms. The van der Waals surface area contributed by atoms with Crippen LogP contribution in [-0.2, 0) is 4.74 Å². The van der Waals surface area contributed by atoms with Crippen LogP contribution in [0.25, 0.3) is 0 Å². The zero-order chi connectivity index (χ0) is 13.7. The van der Waals surface area contributed by atoms with E-state index in [1.807, 2.05) is 18.3 Å². The quantitative estimate of drug-likeness (QED) is 0.882. The van der Waals surface area contributed by atoms with Gasteiger partial charge in [-0.3, -0.25) is 0 Å². The van der Waals surface area contributed by atoms with Crippen LogP contribution in [0.5, 0.6) is 0 Å². The number of ether oxygens (including phenoxy) is 1. The average Bonchev–Trinajstić information content (AvgIpc) is 2.47. The highest BCUT2D eigenvalue weighted by molar-refractivity contribution is 5.38. The SMILES string of the molecule is COC(C)(C)CNC1CCN(c2ccccn2)CC1. The van der Waals surface area contributed by atoms with Gasteiger partial charge in [0, 0.05) is 39.0 Å². The van der Waals surface area contributed by atoms with E-state index in [0.29, 0.717) is 6.04 Å². The fraction of sp³-hybridized carbons (Fsp3) is 0.667. The van der Waals surface area contributed by atoms with Crippen LogP contribution in [0.2, 0.25) is 0 Å². The normalized spacial score (nSPS) is 17.7. The third-order valence-corrected chi connectivity index (χ3v) is 3.84. The van der Waals surface area contributed by atoms with Crippen molar-refractivity contribution >= 4 is 5.82 Å². The molecule has 1 saturated heterocycles. The molecule has 2 heterocycles. The highest BCUT2D eigenvalue weighted by atomic mass is 16.5. The number of pyridine rings is 1. The Hall–Kier alpha value is -1.13. The minimum atomic E-state index is -0.0852. The highest BCUT2D eigenvalue weighted by Crippen LogP contribution is 2.17. The van der Waals surface area contributed by atoms with Crippen molar-refractivity contribution < 1.29 is 4.74 Å². The number of rotatable bonds is 5. The van der Waals surface area contributed by atoms with Gasteiger partial charge in [-0.2, -0.15) is 0 Å². The molecule has 0 aliphatic carbocycles. The van der Waals surface area contributed by atoms with Crippen LogP contribution >= 0.6 is 0 Å². The number of aromatic nitrogens is 1. The number of nitrogens with zero attached hydrogens (tertiary/aromatic N) is 2. The van der Waals surface area contributed by atoms with Gasteiger partial charge in [-0.05, 0) is 38.8 Å². The van der Waals surface area contributed by atoms with Crippen LogP contribution in [0.1, 0.15) is 26.7 Å². The third kappa shape index (κ3) is 4.18. The molecule has 0 amide bonds. The van der Waals surface area contributed by atoms with Gasteiger partial charge < -0.3 is 15.0 Å². The molecule has 0 aromatic carbocycles. The first-order chi connectivity index (χ1) is 9.11. The molecular formula is C15H25N3O. The Kier molecular flexibility index (Phi) is 4.77. The number of hydrogen-bond acceptors (Lipinski definition) is 4. The number of hydrogen-bond donors (Lipinski definition) is 1. The molecule has 1 aromatic heterocycles. The Balaban J connectivity index is 1.77. The number of piperidine rings is 1. The Labute approximate surface area is 116 Å². The van der Waals surface area contributed by atoms with Crippen LogP contribution in [0, 0.1) is 0 Å².